The number of hydrogen-bond acceptors (Lipinski definition) is 3. The number of nitrogens with zero attached hydrogens (tertiary/aromatic N) is 1. The Bertz CT molecular complexity index is 1440. The van der Waals surface area contributed by atoms with E-state index < -0.39 is 11.8 Å². The van der Waals surface area contributed by atoms with Gasteiger partial charge in [0.2, 0.25) is 0 Å². The van der Waals surface area contributed by atoms with Crippen LogP contribution in [0.2, 0.25) is 0 Å². The molecular weight excluding hydrogens is 456 g/mol. The summed E-state index contributed by atoms with van der Waals surface area (Å²) in [7, 11) is 0. The van der Waals surface area contributed by atoms with E-state index >= 15 is 0 Å². The van der Waals surface area contributed by atoms with E-state index in [4.69, 9.17) is 10.00 Å². The van der Waals surface area contributed by atoms with Crippen molar-refractivity contribution in [3.63, 3.8) is 0 Å². The van der Waals surface area contributed by atoms with Gasteiger partial charge in [-0.3, -0.25) is 0 Å². The van der Waals surface area contributed by atoms with Crippen molar-refractivity contribution in [3.8, 4) is 11.8 Å². The number of esters is 1. The molecule has 3 nitrogen and oxygen atoms in total. The van der Waals surface area contributed by atoms with Crippen molar-refractivity contribution in [1.29, 1.82) is 5.26 Å². The summed E-state index contributed by atoms with van der Waals surface area (Å²) in [5.74, 6) is -1.40. The highest BCUT2D eigenvalue weighted by atomic mass is 19.1. The average Bonchev–Trinajstić information content (AvgIpc) is 2.89. The maximum Gasteiger partial charge on any atom is 0.343 e. The number of rotatable bonds is 7. The first-order chi connectivity index (χ1) is 17.4. The SMILES string of the molecule is C[C@H](Cc1ccc(C=Cc2ccc(C(=O)Oc3ccc(C#N)c(F)c3)cc2)c(F)c1)c1ccccc1. The van der Waals surface area contributed by atoms with Crippen LogP contribution in [0.1, 0.15) is 51.0 Å². The molecular formula is C31H23F2NO2. The third kappa shape index (κ3) is 6.11. The molecule has 1 atom stereocenters. The minimum Gasteiger partial charge on any atom is -0.423 e. The van der Waals surface area contributed by atoms with Crippen molar-refractivity contribution in [3.05, 3.63) is 136 Å². The maximum absolute atomic E-state index is 14.7. The molecule has 0 bridgehead atoms. The maximum atomic E-state index is 14.7. The van der Waals surface area contributed by atoms with Gasteiger partial charge in [0, 0.05) is 11.6 Å². The zero-order valence-corrected chi connectivity index (χ0v) is 19.6. The summed E-state index contributed by atoms with van der Waals surface area (Å²) in [5, 5.41) is 8.79. The van der Waals surface area contributed by atoms with Gasteiger partial charge in [-0.2, -0.15) is 5.26 Å². The third-order valence-electron chi connectivity index (χ3n) is 5.85. The molecule has 0 aromatic heterocycles. The molecule has 0 aliphatic rings. The summed E-state index contributed by atoms with van der Waals surface area (Å²) in [6.07, 6.45) is 4.19. The van der Waals surface area contributed by atoms with Crippen LogP contribution in [0.15, 0.2) is 91.0 Å². The largest absolute Gasteiger partial charge is 0.423 e. The van der Waals surface area contributed by atoms with E-state index in [1.165, 1.54) is 17.7 Å². The predicted molar refractivity (Wildman–Crippen MR) is 136 cm³/mol. The van der Waals surface area contributed by atoms with Crippen LogP contribution in [0.5, 0.6) is 5.75 Å². The number of carbonyl (C=O) groups excluding carboxylic acids is 1. The van der Waals surface area contributed by atoms with Crippen LogP contribution in [0.3, 0.4) is 0 Å². The minimum absolute atomic E-state index is 0.0116. The van der Waals surface area contributed by atoms with Gasteiger partial charge in [-0.25, -0.2) is 13.6 Å². The molecule has 0 N–H and O–H groups in total. The van der Waals surface area contributed by atoms with Gasteiger partial charge in [-0.1, -0.05) is 73.7 Å². The molecule has 4 aromatic carbocycles. The smallest absolute Gasteiger partial charge is 0.343 e. The van der Waals surface area contributed by atoms with Gasteiger partial charge in [0.15, 0.2) is 0 Å². The van der Waals surface area contributed by atoms with Gasteiger partial charge in [0.05, 0.1) is 11.1 Å². The second-order valence-corrected chi connectivity index (χ2v) is 8.47. The van der Waals surface area contributed by atoms with Crippen molar-refractivity contribution >= 4 is 18.1 Å². The summed E-state index contributed by atoms with van der Waals surface area (Å²) in [6.45, 7) is 2.13. The van der Waals surface area contributed by atoms with Crippen LogP contribution in [0.25, 0.3) is 12.2 Å². The molecule has 0 unspecified atom stereocenters. The Hall–Kier alpha value is -4.56. The predicted octanol–water partition coefficient (Wildman–Crippen LogP) is 7.57. The molecule has 0 radical (unpaired) electrons. The Balaban J connectivity index is 1.38. The molecule has 0 aliphatic carbocycles. The third-order valence-corrected chi connectivity index (χ3v) is 5.85. The van der Waals surface area contributed by atoms with Crippen LogP contribution in [-0.2, 0) is 6.42 Å². The van der Waals surface area contributed by atoms with Crippen LogP contribution >= 0.6 is 0 Å². The molecule has 0 saturated carbocycles. The van der Waals surface area contributed by atoms with Gasteiger partial charge in [-0.05, 0) is 59.4 Å². The topological polar surface area (TPSA) is 50.1 Å². The number of benzene rings is 4. The van der Waals surface area contributed by atoms with Crippen LogP contribution in [-0.4, -0.2) is 5.97 Å². The Morgan fingerprint density at radius 1 is 0.917 bits per heavy atom. The van der Waals surface area contributed by atoms with Crippen molar-refractivity contribution in [1.82, 2.24) is 0 Å². The highest BCUT2D eigenvalue weighted by Crippen LogP contribution is 2.23. The summed E-state index contributed by atoms with van der Waals surface area (Å²) in [6, 6.07) is 27.3. The lowest BCUT2D eigenvalue weighted by atomic mass is 9.93. The molecule has 0 spiro atoms. The second-order valence-electron chi connectivity index (χ2n) is 8.47. The first kappa shape index (κ1) is 24.6. The van der Waals surface area contributed by atoms with Crippen LogP contribution < -0.4 is 4.74 Å². The van der Waals surface area contributed by atoms with E-state index in [0.717, 1.165) is 23.6 Å². The molecule has 178 valence electrons. The Morgan fingerprint density at radius 2 is 1.67 bits per heavy atom. The second kappa shape index (κ2) is 11.2. The van der Waals surface area contributed by atoms with Crippen LogP contribution in [0.4, 0.5) is 8.78 Å². The van der Waals surface area contributed by atoms with Crippen LogP contribution in [0, 0.1) is 23.0 Å². The fourth-order valence-corrected chi connectivity index (χ4v) is 3.82. The van der Waals surface area contributed by atoms with E-state index in [1.54, 1.807) is 54.6 Å². The lowest BCUT2D eigenvalue weighted by Gasteiger charge is -2.12. The van der Waals surface area contributed by atoms with E-state index in [1.807, 2.05) is 24.3 Å². The van der Waals surface area contributed by atoms with Gasteiger partial charge >= 0.3 is 5.97 Å². The summed E-state index contributed by atoms with van der Waals surface area (Å²) >= 11 is 0. The fourth-order valence-electron chi connectivity index (χ4n) is 3.82. The first-order valence-electron chi connectivity index (χ1n) is 11.5. The normalized spacial score (nSPS) is 11.7. The quantitative estimate of drug-likeness (QED) is 0.156. The Labute approximate surface area is 208 Å². The van der Waals surface area contributed by atoms with Crippen molar-refractivity contribution in [2.24, 2.45) is 0 Å². The van der Waals surface area contributed by atoms with Gasteiger partial charge in [-0.15, -0.1) is 0 Å². The Kier molecular flexibility index (Phi) is 7.67. The first-order valence-corrected chi connectivity index (χ1v) is 11.5. The lowest BCUT2D eigenvalue weighted by molar-refractivity contribution is 0.0734. The zero-order valence-electron chi connectivity index (χ0n) is 19.6. The monoisotopic (exact) mass is 479 g/mol. The van der Waals surface area contributed by atoms with E-state index in [-0.39, 0.29) is 28.6 Å². The molecule has 0 fully saturated rings. The van der Waals surface area contributed by atoms with Crippen molar-refractivity contribution < 1.29 is 18.3 Å². The summed E-state index contributed by atoms with van der Waals surface area (Å²) in [4.78, 5) is 12.3. The summed E-state index contributed by atoms with van der Waals surface area (Å²) in [5.41, 5.74) is 3.55. The van der Waals surface area contributed by atoms with E-state index in [0.29, 0.717) is 5.56 Å². The number of halogens is 2. The molecule has 0 saturated heterocycles. The van der Waals surface area contributed by atoms with E-state index in [9.17, 15) is 13.6 Å². The van der Waals surface area contributed by atoms with Gasteiger partial charge in [0.1, 0.15) is 23.5 Å². The molecule has 4 rings (SSSR count). The number of hydrogen-bond donors (Lipinski definition) is 0. The molecule has 0 heterocycles. The highest BCUT2D eigenvalue weighted by molar-refractivity contribution is 5.91. The fraction of sp³-hybridized carbons (Fsp3) is 0.0968. The minimum atomic E-state index is -0.755. The number of nitriles is 1. The van der Waals surface area contributed by atoms with Gasteiger partial charge < -0.3 is 4.74 Å². The molecule has 36 heavy (non-hydrogen) atoms. The van der Waals surface area contributed by atoms with Crippen molar-refractivity contribution in [2.45, 2.75) is 19.3 Å². The highest BCUT2D eigenvalue weighted by Gasteiger charge is 2.11. The molecule has 4 aromatic rings. The number of ether oxygens (including phenoxy) is 1. The number of carbonyl (C=O) groups is 1. The Morgan fingerprint density at radius 3 is 2.33 bits per heavy atom. The standard InChI is InChI=1S/C31H23F2NO2/c1-21(24-5-3-2-4-6-24)17-23-10-12-25(29(32)18-23)11-7-22-8-13-26(14-9-22)31(35)36-28-16-15-27(20-34)30(33)19-28/h2-16,18-19,21H,17H2,1H3/t21-/m1/s1. The van der Waals surface area contributed by atoms with Crippen molar-refractivity contribution in [2.75, 3.05) is 0 Å². The molecule has 0 amide bonds. The van der Waals surface area contributed by atoms with E-state index in [2.05, 4.69) is 19.1 Å². The molecule has 0 aliphatic heterocycles. The lowest BCUT2D eigenvalue weighted by Crippen LogP contribution is -2.08. The average molecular weight is 480 g/mol. The molecule has 5 heteroatoms. The summed E-state index contributed by atoms with van der Waals surface area (Å²) < 4.78 is 33.6. The zero-order chi connectivity index (χ0) is 25.5. The van der Waals surface area contributed by atoms with Gasteiger partial charge in [0.25, 0.3) is 0 Å².